The van der Waals surface area contributed by atoms with Gasteiger partial charge in [0.2, 0.25) is 11.8 Å². The first-order valence-corrected chi connectivity index (χ1v) is 9.70. The minimum atomic E-state index is -1.21. The average molecular weight is 391 g/mol. The van der Waals surface area contributed by atoms with Crippen molar-refractivity contribution in [2.45, 2.75) is 57.4 Å². The van der Waals surface area contributed by atoms with Crippen molar-refractivity contribution < 1.29 is 19.5 Å². The summed E-state index contributed by atoms with van der Waals surface area (Å²) in [6.07, 6.45) is 9.38. The van der Waals surface area contributed by atoms with E-state index in [1.165, 1.54) is 12.6 Å². The van der Waals surface area contributed by atoms with Gasteiger partial charge in [-0.05, 0) is 31.6 Å². The van der Waals surface area contributed by atoms with Crippen molar-refractivity contribution in [1.82, 2.24) is 10.3 Å². The number of carboxylic acids is 1. The molecule has 154 valence electrons. The van der Waals surface area contributed by atoms with Gasteiger partial charge >= 0.3 is 5.97 Å². The molecule has 0 aromatic carbocycles. The number of nitrogens with one attached hydrogen (secondary N) is 2. The van der Waals surface area contributed by atoms with Crippen molar-refractivity contribution in [2.75, 3.05) is 17.6 Å². The zero-order chi connectivity index (χ0) is 20.5. The van der Waals surface area contributed by atoms with Crippen molar-refractivity contribution in [2.24, 2.45) is 11.7 Å². The minimum Gasteiger partial charge on any atom is -0.478 e. The van der Waals surface area contributed by atoms with Crippen LogP contribution in [0.2, 0.25) is 0 Å². The topological polar surface area (TPSA) is 160 Å². The number of amides is 2. The van der Waals surface area contributed by atoms with Crippen LogP contribution in [0.4, 0.5) is 11.4 Å². The van der Waals surface area contributed by atoms with Crippen molar-refractivity contribution in [3.8, 4) is 0 Å². The fourth-order valence-electron chi connectivity index (χ4n) is 3.40. The van der Waals surface area contributed by atoms with Crippen molar-refractivity contribution in [3.63, 3.8) is 0 Å². The van der Waals surface area contributed by atoms with Gasteiger partial charge < -0.3 is 27.2 Å². The Bertz CT molecular complexity index is 704. The van der Waals surface area contributed by atoms with E-state index in [0.29, 0.717) is 19.4 Å². The molecule has 0 aliphatic heterocycles. The first-order valence-electron chi connectivity index (χ1n) is 9.70. The molecule has 28 heavy (non-hydrogen) atoms. The van der Waals surface area contributed by atoms with Crippen LogP contribution in [-0.2, 0) is 9.59 Å². The minimum absolute atomic E-state index is 0.0280. The van der Waals surface area contributed by atoms with Crippen LogP contribution in [0.3, 0.4) is 0 Å². The van der Waals surface area contributed by atoms with Gasteiger partial charge in [-0.2, -0.15) is 0 Å². The summed E-state index contributed by atoms with van der Waals surface area (Å²) < 4.78 is 0. The van der Waals surface area contributed by atoms with Crippen LogP contribution in [0.1, 0.15) is 61.7 Å². The number of hydrogen-bond acceptors (Lipinski definition) is 6. The molecule has 1 aliphatic carbocycles. The van der Waals surface area contributed by atoms with E-state index in [-0.39, 0.29) is 41.1 Å². The first-order chi connectivity index (χ1) is 13.4. The van der Waals surface area contributed by atoms with Gasteiger partial charge in [-0.1, -0.05) is 19.3 Å². The Morgan fingerprint density at radius 2 is 1.89 bits per heavy atom. The Hall–Kier alpha value is -2.68. The van der Waals surface area contributed by atoms with E-state index in [2.05, 4.69) is 15.6 Å². The summed E-state index contributed by atoms with van der Waals surface area (Å²) in [5.74, 6) is -1.36. The van der Waals surface area contributed by atoms with E-state index < -0.39 is 12.0 Å². The summed E-state index contributed by atoms with van der Waals surface area (Å²) in [5.41, 5.74) is 11.8. The SMILES string of the molecule is Nc1c(NC(=O)CCCCNC(=O)[C@@H](N)C2CCCCC2)cncc1C(=O)O. The largest absolute Gasteiger partial charge is 0.478 e. The maximum absolute atomic E-state index is 12.1. The zero-order valence-corrected chi connectivity index (χ0v) is 15.9. The normalized spacial score (nSPS) is 15.6. The van der Waals surface area contributed by atoms with Crippen LogP contribution in [0.25, 0.3) is 0 Å². The molecule has 0 radical (unpaired) electrons. The van der Waals surface area contributed by atoms with E-state index in [9.17, 15) is 14.4 Å². The fraction of sp³-hybridized carbons (Fsp3) is 0.579. The lowest BCUT2D eigenvalue weighted by atomic mass is 9.84. The lowest BCUT2D eigenvalue weighted by molar-refractivity contribution is -0.123. The Labute approximate surface area is 164 Å². The van der Waals surface area contributed by atoms with Crippen LogP contribution < -0.4 is 22.1 Å². The van der Waals surface area contributed by atoms with E-state index in [4.69, 9.17) is 16.6 Å². The second kappa shape index (κ2) is 10.6. The summed E-state index contributed by atoms with van der Waals surface area (Å²) in [6, 6.07) is -0.458. The molecular weight excluding hydrogens is 362 g/mol. The Morgan fingerprint density at radius 3 is 2.57 bits per heavy atom. The summed E-state index contributed by atoms with van der Waals surface area (Å²) in [7, 11) is 0. The summed E-state index contributed by atoms with van der Waals surface area (Å²) in [5, 5.41) is 14.4. The molecule has 1 aliphatic rings. The number of rotatable bonds is 9. The molecule has 1 aromatic heterocycles. The molecule has 1 atom stereocenters. The molecule has 0 saturated heterocycles. The van der Waals surface area contributed by atoms with Gasteiger partial charge in [0.15, 0.2) is 0 Å². The van der Waals surface area contributed by atoms with Gasteiger partial charge in [0.25, 0.3) is 0 Å². The molecule has 0 unspecified atom stereocenters. The molecule has 2 amide bonds. The number of aromatic carboxylic acids is 1. The van der Waals surface area contributed by atoms with Gasteiger partial charge in [0, 0.05) is 19.2 Å². The van der Waals surface area contributed by atoms with Gasteiger partial charge in [-0.3, -0.25) is 14.6 Å². The molecule has 1 heterocycles. The van der Waals surface area contributed by atoms with Gasteiger partial charge in [0.1, 0.15) is 5.56 Å². The molecule has 0 spiro atoms. The standard InChI is InChI=1S/C19H29N5O4/c20-16(12-6-2-1-3-7-12)18(26)23-9-5-4-8-15(25)24-14-11-22-10-13(17(14)21)19(27)28/h10-12,16H,1-9,20H2,(H2,21,22)(H,23,26)(H,24,25)(H,27,28)/t16-/m0/s1. The number of carboxylic acid groups (broad SMARTS) is 1. The Kier molecular flexibility index (Phi) is 8.19. The number of nitrogens with two attached hydrogens (primary N) is 2. The number of carbonyl (C=O) groups excluding carboxylic acids is 2. The molecule has 7 N–H and O–H groups in total. The smallest absolute Gasteiger partial charge is 0.339 e. The number of nitrogens with zero attached hydrogens (tertiary/aromatic N) is 1. The third kappa shape index (κ3) is 6.19. The number of carbonyl (C=O) groups is 3. The van der Waals surface area contributed by atoms with Crippen molar-refractivity contribution in [1.29, 1.82) is 0 Å². The average Bonchev–Trinajstić information content (AvgIpc) is 2.69. The van der Waals surface area contributed by atoms with E-state index in [1.54, 1.807) is 0 Å². The maximum atomic E-state index is 12.1. The molecule has 1 fully saturated rings. The molecular formula is C19H29N5O4. The maximum Gasteiger partial charge on any atom is 0.339 e. The van der Waals surface area contributed by atoms with Gasteiger partial charge in [-0.15, -0.1) is 0 Å². The van der Waals surface area contributed by atoms with Crippen molar-refractivity contribution in [3.05, 3.63) is 18.0 Å². The number of nitrogen functional groups attached to an aromatic ring is 1. The molecule has 1 aromatic rings. The lowest BCUT2D eigenvalue weighted by Crippen LogP contribution is -2.46. The van der Waals surface area contributed by atoms with Crippen LogP contribution in [0, 0.1) is 5.92 Å². The highest BCUT2D eigenvalue weighted by atomic mass is 16.4. The quantitative estimate of drug-likeness (QED) is 0.398. The molecule has 2 rings (SSSR count). The lowest BCUT2D eigenvalue weighted by Gasteiger charge is -2.26. The number of unbranched alkanes of at least 4 members (excludes halogenated alkanes) is 1. The molecule has 0 bridgehead atoms. The van der Waals surface area contributed by atoms with E-state index >= 15 is 0 Å². The zero-order valence-electron chi connectivity index (χ0n) is 15.9. The summed E-state index contributed by atoms with van der Waals surface area (Å²) in [6.45, 7) is 0.463. The van der Waals surface area contributed by atoms with Crippen LogP contribution in [0.15, 0.2) is 12.4 Å². The predicted molar refractivity (Wildman–Crippen MR) is 106 cm³/mol. The summed E-state index contributed by atoms with van der Waals surface area (Å²) in [4.78, 5) is 38.9. The molecule has 9 nitrogen and oxygen atoms in total. The highest BCUT2D eigenvalue weighted by Gasteiger charge is 2.25. The Balaban J connectivity index is 1.67. The Morgan fingerprint density at radius 1 is 1.18 bits per heavy atom. The third-order valence-electron chi connectivity index (χ3n) is 5.08. The number of pyridine rings is 1. The van der Waals surface area contributed by atoms with Crippen LogP contribution >= 0.6 is 0 Å². The monoisotopic (exact) mass is 391 g/mol. The van der Waals surface area contributed by atoms with Crippen LogP contribution in [-0.4, -0.2) is 40.5 Å². The van der Waals surface area contributed by atoms with Gasteiger partial charge in [-0.25, -0.2) is 4.79 Å². The number of anilines is 2. The second-order valence-electron chi connectivity index (χ2n) is 7.17. The fourth-order valence-corrected chi connectivity index (χ4v) is 3.40. The van der Waals surface area contributed by atoms with Gasteiger partial charge in [0.05, 0.1) is 23.6 Å². The van der Waals surface area contributed by atoms with E-state index in [1.807, 2.05) is 0 Å². The highest BCUT2D eigenvalue weighted by Crippen LogP contribution is 2.25. The number of hydrogen-bond donors (Lipinski definition) is 5. The van der Waals surface area contributed by atoms with E-state index in [0.717, 1.165) is 31.9 Å². The summed E-state index contributed by atoms with van der Waals surface area (Å²) >= 11 is 0. The van der Waals surface area contributed by atoms with Crippen LogP contribution in [0.5, 0.6) is 0 Å². The third-order valence-corrected chi connectivity index (χ3v) is 5.08. The number of aromatic nitrogens is 1. The second-order valence-corrected chi connectivity index (χ2v) is 7.17. The molecule has 1 saturated carbocycles. The highest BCUT2D eigenvalue weighted by molar-refractivity contribution is 6.00. The van der Waals surface area contributed by atoms with Crippen molar-refractivity contribution >= 4 is 29.2 Å². The molecule has 9 heteroatoms. The predicted octanol–water partition coefficient (Wildman–Crippen LogP) is 1.49. The first kappa shape index (κ1) is 21.6.